The summed E-state index contributed by atoms with van der Waals surface area (Å²) in [4.78, 5) is 4.75. The minimum Gasteiger partial charge on any atom is -0.456 e. The van der Waals surface area contributed by atoms with Gasteiger partial charge in [0.2, 0.25) is 0 Å². The number of hydrogen-bond donors (Lipinski definition) is 0. The highest BCUT2D eigenvalue weighted by Crippen LogP contribution is 2.50. The van der Waals surface area contributed by atoms with Crippen LogP contribution < -0.4 is 9.80 Å². The van der Waals surface area contributed by atoms with Crippen LogP contribution in [0.4, 0.5) is 34.1 Å². The van der Waals surface area contributed by atoms with Crippen LogP contribution in [0.5, 0.6) is 0 Å². The minimum atomic E-state index is 0.828. The number of anilines is 6. The van der Waals surface area contributed by atoms with E-state index < -0.39 is 0 Å². The van der Waals surface area contributed by atoms with Crippen LogP contribution in [-0.4, -0.2) is 4.57 Å². The molecule has 0 aliphatic heterocycles. The van der Waals surface area contributed by atoms with Crippen molar-refractivity contribution in [3.63, 3.8) is 0 Å². The highest BCUT2D eigenvalue weighted by Gasteiger charge is 2.26. The minimum absolute atomic E-state index is 0.828. The van der Waals surface area contributed by atoms with Gasteiger partial charge in [0.05, 0.1) is 27.5 Å². The maximum Gasteiger partial charge on any atom is 0.145 e. The summed E-state index contributed by atoms with van der Waals surface area (Å²) < 4.78 is 16.1. The van der Waals surface area contributed by atoms with E-state index in [2.05, 4.69) is 269 Å². The van der Waals surface area contributed by atoms with Gasteiger partial charge in [-0.3, -0.25) is 0 Å². The lowest BCUT2D eigenvalue weighted by Gasteiger charge is -2.30. The zero-order chi connectivity index (χ0) is 46.8. The number of nitrogens with zero attached hydrogens (tertiary/aromatic N) is 3. The quantitative estimate of drug-likeness (QED) is 0.145. The molecule has 3 heterocycles. The van der Waals surface area contributed by atoms with Crippen LogP contribution >= 0.6 is 0 Å². The summed E-state index contributed by atoms with van der Waals surface area (Å²) >= 11 is 0. The Kier molecular flexibility index (Phi) is 9.46. The van der Waals surface area contributed by atoms with E-state index in [0.717, 1.165) is 117 Å². The standard InChI is InChI=1S/C66H43N3O2/c1-5-20-44(21-6-1)45-36-38-50(39-37-45)67(47-22-7-2-8-23-47)51-40-46(41-52(42-51)68(48-24-9-3-10-25-48)59-32-19-35-62-63(59)54-29-14-17-33-60(54)70-62)56-43-57-53-28-13-16-31-58(53)69(49-26-11-4-12-27-49)65(57)64-55-30-15-18-34-61(55)71-66(56)64/h1-43H. The highest BCUT2D eigenvalue weighted by atomic mass is 16.3. The summed E-state index contributed by atoms with van der Waals surface area (Å²) in [5, 5.41) is 6.57. The van der Waals surface area contributed by atoms with E-state index in [4.69, 9.17) is 8.83 Å². The van der Waals surface area contributed by atoms with Gasteiger partial charge in [-0.25, -0.2) is 0 Å². The van der Waals surface area contributed by atoms with Crippen molar-refractivity contribution in [3.05, 3.63) is 261 Å². The van der Waals surface area contributed by atoms with E-state index in [9.17, 15) is 0 Å². The first-order valence-corrected chi connectivity index (χ1v) is 24.1. The van der Waals surface area contributed by atoms with Crippen LogP contribution in [0, 0.1) is 0 Å². The summed E-state index contributed by atoms with van der Waals surface area (Å²) in [6.45, 7) is 0. The average molecular weight is 910 g/mol. The molecule has 0 bridgehead atoms. The number of fused-ring (bicyclic) bond motifs is 10. The van der Waals surface area contributed by atoms with Gasteiger partial charge in [0, 0.05) is 61.2 Å². The first-order chi connectivity index (χ1) is 35.2. The fraction of sp³-hybridized carbons (Fsp3) is 0. The summed E-state index contributed by atoms with van der Waals surface area (Å²) in [6, 6.07) is 92.8. The Hall–Kier alpha value is -9.58. The molecule has 14 aromatic rings. The molecule has 5 heteroatoms. The molecule has 0 N–H and O–H groups in total. The van der Waals surface area contributed by atoms with Crippen molar-refractivity contribution in [1.29, 1.82) is 0 Å². The summed E-state index contributed by atoms with van der Waals surface area (Å²) in [5.74, 6) is 0. The van der Waals surface area contributed by atoms with Gasteiger partial charge in [-0.05, 0) is 120 Å². The summed E-state index contributed by atoms with van der Waals surface area (Å²) in [5.41, 5.74) is 17.1. The lowest BCUT2D eigenvalue weighted by Crippen LogP contribution is -2.14. The first kappa shape index (κ1) is 40.5. The molecule has 0 aliphatic carbocycles. The molecule has 0 fully saturated rings. The first-order valence-electron chi connectivity index (χ1n) is 24.1. The molecule has 0 saturated carbocycles. The average Bonchev–Trinajstić information content (AvgIpc) is 4.12. The molecule has 0 radical (unpaired) electrons. The molecule has 5 nitrogen and oxygen atoms in total. The van der Waals surface area contributed by atoms with Gasteiger partial charge in [0.25, 0.3) is 0 Å². The molecular weight excluding hydrogens is 867 g/mol. The van der Waals surface area contributed by atoms with E-state index in [1.165, 1.54) is 10.9 Å². The van der Waals surface area contributed by atoms with E-state index in [-0.39, 0.29) is 0 Å². The SMILES string of the molecule is c1ccc(-c2ccc(N(c3ccccc3)c3cc(-c4cc5c6ccccc6n(-c6ccccc6)c5c5c4oc4ccccc45)cc(N(c4ccccc4)c4cccc5oc6ccccc6c45)c3)cc2)cc1. The van der Waals surface area contributed by atoms with Crippen LogP contribution in [0.3, 0.4) is 0 Å². The van der Waals surface area contributed by atoms with Crippen molar-refractivity contribution in [1.82, 2.24) is 4.57 Å². The van der Waals surface area contributed by atoms with E-state index in [1.54, 1.807) is 0 Å². The molecular formula is C66H43N3O2. The number of benzene rings is 11. The Morgan fingerprint density at radius 1 is 0.310 bits per heavy atom. The Bertz CT molecular complexity index is 4270. The molecule has 0 unspecified atom stereocenters. The molecule has 0 saturated heterocycles. The Morgan fingerprint density at radius 2 is 0.831 bits per heavy atom. The third kappa shape index (κ3) is 6.70. The molecule has 334 valence electrons. The molecule has 0 atom stereocenters. The van der Waals surface area contributed by atoms with Crippen LogP contribution in [0.1, 0.15) is 0 Å². The number of rotatable bonds is 9. The zero-order valence-corrected chi connectivity index (χ0v) is 38.5. The molecule has 0 spiro atoms. The molecule has 3 aromatic heterocycles. The second-order valence-corrected chi connectivity index (χ2v) is 18.1. The third-order valence-corrected chi connectivity index (χ3v) is 13.9. The van der Waals surface area contributed by atoms with Gasteiger partial charge in [0.15, 0.2) is 0 Å². The molecule has 11 aromatic carbocycles. The van der Waals surface area contributed by atoms with Gasteiger partial charge in [-0.1, -0.05) is 158 Å². The van der Waals surface area contributed by atoms with Crippen molar-refractivity contribution in [2.75, 3.05) is 9.80 Å². The van der Waals surface area contributed by atoms with Gasteiger partial charge in [0.1, 0.15) is 22.3 Å². The Balaban J connectivity index is 1.10. The highest BCUT2D eigenvalue weighted by molar-refractivity contribution is 6.27. The number of aromatic nitrogens is 1. The molecule has 14 rings (SSSR count). The topological polar surface area (TPSA) is 37.7 Å². The van der Waals surface area contributed by atoms with Crippen LogP contribution in [0.15, 0.2) is 270 Å². The zero-order valence-electron chi connectivity index (χ0n) is 38.5. The van der Waals surface area contributed by atoms with Crippen LogP contribution in [-0.2, 0) is 0 Å². The van der Waals surface area contributed by atoms with Crippen molar-refractivity contribution in [3.8, 4) is 27.9 Å². The van der Waals surface area contributed by atoms with Crippen molar-refractivity contribution >= 4 is 99.8 Å². The van der Waals surface area contributed by atoms with Gasteiger partial charge in [-0.15, -0.1) is 0 Å². The van der Waals surface area contributed by atoms with E-state index >= 15 is 0 Å². The fourth-order valence-electron chi connectivity index (χ4n) is 10.8. The predicted molar refractivity (Wildman–Crippen MR) is 296 cm³/mol. The summed E-state index contributed by atoms with van der Waals surface area (Å²) in [7, 11) is 0. The number of para-hydroxylation sites is 6. The molecule has 0 aliphatic rings. The smallest absolute Gasteiger partial charge is 0.145 e. The Morgan fingerprint density at radius 3 is 1.54 bits per heavy atom. The van der Waals surface area contributed by atoms with E-state index in [1.807, 2.05) is 6.07 Å². The van der Waals surface area contributed by atoms with Gasteiger partial charge < -0.3 is 23.2 Å². The van der Waals surface area contributed by atoms with Crippen LogP contribution in [0.2, 0.25) is 0 Å². The summed E-state index contributed by atoms with van der Waals surface area (Å²) in [6.07, 6.45) is 0. The predicted octanol–water partition coefficient (Wildman–Crippen LogP) is 18.9. The van der Waals surface area contributed by atoms with Crippen molar-refractivity contribution in [2.24, 2.45) is 0 Å². The molecule has 71 heavy (non-hydrogen) atoms. The van der Waals surface area contributed by atoms with Crippen molar-refractivity contribution in [2.45, 2.75) is 0 Å². The van der Waals surface area contributed by atoms with Gasteiger partial charge >= 0.3 is 0 Å². The van der Waals surface area contributed by atoms with E-state index in [0.29, 0.717) is 0 Å². The second-order valence-electron chi connectivity index (χ2n) is 18.1. The maximum atomic E-state index is 7.17. The van der Waals surface area contributed by atoms with Crippen LogP contribution in [0.25, 0.3) is 93.6 Å². The monoisotopic (exact) mass is 909 g/mol. The second kappa shape index (κ2) is 16.6. The largest absolute Gasteiger partial charge is 0.456 e. The normalized spacial score (nSPS) is 11.7. The Labute approximate surface area is 409 Å². The molecule has 0 amide bonds. The number of hydrogen-bond acceptors (Lipinski definition) is 4. The number of furan rings is 2. The maximum absolute atomic E-state index is 7.17. The lowest BCUT2D eigenvalue weighted by atomic mass is 9.96. The van der Waals surface area contributed by atoms with Gasteiger partial charge in [-0.2, -0.15) is 0 Å². The third-order valence-electron chi connectivity index (χ3n) is 13.9. The fourth-order valence-corrected chi connectivity index (χ4v) is 10.8. The lowest BCUT2D eigenvalue weighted by molar-refractivity contribution is 0.669. The van der Waals surface area contributed by atoms with Crippen molar-refractivity contribution < 1.29 is 8.83 Å².